The lowest BCUT2D eigenvalue weighted by atomic mass is 9.79. The maximum Gasteiger partial charge on any atom is 0.397 e. The van der Waals surface area contributed by atoms with E-state index in [2.05, 4.69) is 21.1 Å². The number of carboxylic acids is 1. The molecule has 4 aliphatic rings. The zero-order valence-corrected chi connectivity index (χ0v) is 42.8. The number of carboxylic acid groups (broad SMARTS) is 1. The van der Waals surface area contributed by atoms with E-state index in [1.807, 2.05) is 0 Å². The molecule has 424 valence electrons. The van der Waals surface area contributed by atoms with Crippen LogP contribution in [-0.2, 0) is 136 Å². The van der Waals surface area contributed by atoms with E-state index in [1.54, 1.807) is 13.8 Å². The van der Waals surface area contributed by atoms with Crippen LogP contribution in [0, 0.1) is 29.6 Å². The predicted molar refractivity (Wildman–Crippen MR) is 222 cm³/mol. The number of ether oxygens (including phenoxy) is 8. The second-order valence-corrected chi connectivity index (χ2v) is 22.4. The Morgan fingerprint density at radius 3 is 1.58 bits per heavy atom. The number of rotatable bonds is 25. The van der Waals surface area contributed by atoms with Crippen molar-refractivity contribution in [1.82, 2.24) is 0 Å². The molecule has 0 aromatic heterocycles. The molecule has 41 heteroatoms. The van der Waals surface area contributed by atoms with Gasteiger partial charge < -0.3 is 48.1 Å². The van der Waals surface area contributed by atoms with Crippen LogP contribution in [0.3, 0.4) is 0 Å². The maximum atomic E-state index is 12.5. The smallest absolute Gasteiger partial charge is 0.397 e. The molecule has 4 rings (SSSR count). The predicted octanol–water partition coefficient (Wildman–Crippen LogP) is -2.66. The lowest BCUT2D eigenvalue weighted by Gasteiger charge is -2.49. The van der Waals surface area contributed by atoms with Crippen molar-refractivity contribution in [3.05, 3.63) is 0 Å². The van der Waals surface area contributed by atoms with E-state index < -0.39 is 218 Å². The highest BCUT2D eigenvalue weighted by atomic mass is 32.3. The highest BCUT2D eigenvalue weighted by Gasteiger charge is 2.57. The number of hydrogen-bond donors (Lipinski definition) is 8. The van der Waals surface area contributed by atoms with Gasteiger partial charge in [0.1, 0.15) is 43.4 Å². The van der Waals surface area contributed by atoms with E-state index in [1.165, 1.54) is 20.8 Å². The third-order valence-corrected chi connectivity index (χ3v) is 14.3. The lowest BCUT2D eigenvalue weighted by Crippen LogP contribution is -2.64. The van der Waals surface area contributed by atoms with Crippen molar-refractivity contribution in [3.8, 4) is 0 Å². The van der Waals surface area contributed by atoms with Gasteiger partial charge in [-0.3, -0.25) is 27.3 Å². The molecule has 4 saturated heterocycles. The number of aliphatic hydroxyl groups excluding tert-OH is 1. The van der Waals surface area contributed by atoms with Gasteiger partial charge in [-0.05, 0) is 31.6 Å². The molecule has 4 aliphatic heterocycles. The van der Waals surface area contributed by atoms with Crippen LogP contribution in [0.2, 0.25) is 0 Å². The zero-order valence-electron chi connectivity index (χ0n) is 37.9. The van der Waals surface area contributed by atoms with E-state index in [0.717, 1.165) is 6.92 Å². The van der Waals surface area contributed by atoms with Gasteiger partial charge in [0.25, 0.3) is 0 Å². The summed E-state index contributed by atoms with van der Waals surface area (Å²) in [5.41, 5.74) is 0. The fourth-order valence-electron chi connectivity index (χ4n) is 8.33. The first kappa shape index (κ1) is 63.0. The first-order chi connectivity index (χ1) is 32.9. The molecule has 4 fully saturated rings. The van der Waals surface area contributed by atoms with E-state index in [9.17, 15) is 88.6 Å². The Labute approximate surface area is 414 Å². The van der Waals surface area contributed by atoms with Crippen LogP contribution in [0.1, 0.15) is 48.0 Å². The Balaban J connectivity index is 1.80. The van der Waals surface area contributed by atoms with Gasteiger partial charge in [-0.1, -0.05) is 27.7 Å². The largest absolute Gasteiger partial charge is 0.479 e. The second kappa shape index (κ2) is 25.3. The minimum absolute atomic E-state index is 0.391. The second-order valence-electron chi connectivity index (χ2n) is 16.5. The van der Waals surface area contributed by atoms with E-state index >= 15 is 0 Å². The van der Waals surface area contributed by atoms with E-state index in [4.69, 9.17) is 47.0 Å². The molecule has 0 saturated carbocycles. The highest BCUT2D eigenvalue weighted by molar-refractivity contribution is 7.81. The van der Waals surface area contributed by atoms with Crippen molar-refractivity contribution in [1.29, 1.82) is 0 Å². The fraction of sp³-hybridized carbons (Fsp3) is 0.968. The van der Waals surface area contributed by atoms with Gasteiger partial charge in [0, 0.05) is 18.3 Å². The molecule has 0 aromatic rings. The van der Waals surface area contributed by atoms with Crippen LogP contribution < -0.4 is 0 Å². The molecule has 72 heavy (non-hydrogen) atoms. The Bertz CT molecular complexity index is 2410. The molecular weight excluding hydrogens is 1120 g/mol. The quantitative estimate of drug-likeness (QED) is 0.0152. The van der Waals surface area contributed by atoms with Gasteiger partial charge in [-0.15, -0.1) is 4.33 Å². The normalized spacial score (nSPS) is 38.5. The van der Waals surface area contributed by atoms with Crippen molar-refractivity contribution in [2.45, 2.75) is 140 Å². The van der Waals surface area contributed by atoms with Crippen molar-refractivity contribution < 1.29 is 157 Å². The Kier molecular flexibility index (Phi) is 22.2. The Morgan fingerprint density at radius 2 is 1.10 bits per heavy atom. The van der Waals surface area contributed by atoms with Crippen LogP contribution in [0.4, 0.5) is 0 Å². The summed E-state index contributed by atoms with van der Waals surface area (Å²) in [4.78, 5) is 17.2. The van der Waals surface area contributed by atoms with Crippen LogP contribution in [-0.4, -0.2) is 202 Å². The van der Waals surface area contributed by atoms with E-state index in [-0.39, 0.29) is 0 Å². The lowest BCUT2D eigenvalue weighted by molar-refractivity contribution is -0.390. The van der Waals surface area contributed by atoms with Crippen molar-refractivity contribution in [2.75, 3.05) is 20.0 Å². The van der Waals surface area contributed by atoms with Gasteiger partial charge in [-0.2, -0.15) is 46.3 Å². The molecule has 0 aromatic carbocycles. The summed E-state index contributed by atoms with van der Waals surface area (Å²) in [6, 6.07) is 0. The van der Waals surface area contributed by atoms with Crippen LogP contribution in [0.5, 0.6) is 0 Å². The molecule has 0 amide bonds. The third-order valence-electron chi connectivity index (χ3n) is 11.9. The molecule has 8 N–H and O–H groups in total. The van der Waals surface area contributed by atoms with Crippen molar-refractivity contribution in [3.63, 3.8) is 0 Å². The third kappa shape index (κ3) is 18.6. The Hall–Kier alpha value is -1.51. The van der Waals surface area contributed by atoms with Gasteiger partial charge in [0.05, 0.1) is 25.4 Å². The van der Waals surface area contributed by atoms with Gasteiger partial charge in [-0.25, -0.2) is 30.6 Å². The van der Waals surface area contributed by atoms with Crippen LogP contribution >= 0.6 is 0 Å². The highest BCUT2D eigenvalue weighted by Crippen LogP contribution is 2.42. The molecule has 4 heterocycles. The first-order valence-electron chi connectivity index (χ1n) is 20.6. The minimum Gasteiger partial charge on any atom is -0.479 e. The summed E-state index contributed by atoms with van der Waals surface area (Å²) in [7, 11) is -27.7. The average Bonchev–Trinajstić information content (AvgIpc) is 3.21. The molecule has 0 aliphatic carbocycles. The molecule has 12 unspecified atom stereocenters. The molecule has 35 nitrogen and oxygen atoms in total. The number of carbonyl (C=O) groups is 1. The topological polar surface area (TPSA) is 505 Å². The summed E-state index contributed by atoms with van der Waals surface area (Å²) in [5, 5.41) is 19.6. The number of aliphatic carboxylic acids is 1. The summed E-state index contributed by atoms with van der Waals surface area (Å²) in [6.07, 6.45) is -30.6. The SMILES string of the molecule is CC1C(C)[C@H](C)C(C(=O)O)O[C@H]1O[C@@H]1C(COS(=O)(=O)O)O[C@@H](OC(C)[C@H]2CC(OCO)O[C@H](O[C@@H]3C(COS(=O)(=O)O)O[C@H](C)C(OS(=O)(=O)O)C3OS(=O)(=O)O)C2C)C(OS(=O)(=O)O)[C@H]1OOS(=O)O. The van der Waals surface area contributed by atoms with Crippen molar-refractivity contribution >= 4 is 69.3 Å². The molecule has 0 radical (unpaired) electrons. The Morgan fingerprint density at radius 1 is 0.611 bits per heavy atom. The van der Waals surface area contributed by atoms with Gasteiger partial charge >= 0.3 is 69.3 Å². The average molecular weight is 1180 g/mol. The van der Waals surface area contributed by atoms with Crippen LogP contribution in [0.25, 0.3) is 0 Å². The maximum absolute atomic E-state index is 12.5. The standard InChI is InChI=1S/C31H54O35S6/c1-11-12(2)21(28(33)34)59-29(13(11)3)60-23-19(9-54-69(40,41)42)57-31(27(65-72(49,50)51)25(23)62-66-67(35)36)56-15(5)17-7-20(52-10-32)58-30(14(17)4)61-24-18(8-53-68(37,38)39)55-16(6)22(63-70(43,44)45)26(24)64-71(46,47)48/h11-27,29-32H,7-10H2,1-6H3,(H,33,34)(H,35,36)(H,37,38,39)(H,40,41,42)(H,43,44,45)(H,46,47,48)(H,49,50,51)/t11?,12-,13?,14?,15?,16+,17-,18?,19?,20?,21?,22?,23+,24+,25-,26?,27?,29-,30+,31+/m0/s1. The fourth-order valence-corrected chi connectivity index (χ4v) is 10.6. The monoisotopic (exact) mass is 1180 g/mol. The molecule has 0 bridgehead atoms. The number of aliphatic hydroxyl groups is 1. The van der Waals surface area contributed by atoms with Crippen LogP contribution in [0.15, 0.2) is 0 Å². The molecule has 21 atom stereocenters. The van der Waals surface area contributed by atoms with Gasteiger partial charge in [0.15, 0.2) is 43.5 Å². The summed E-state index contributed by atoms with van der Waals surface area (Å²) >= 11 is -3.39. The first-order valence-corrected chi connectivity index (χ1v) is 28.4. The zero-order chi connectivity index (χ0) is 54.6. The number of hydrogen-bond acceptors (Lipinski definition) is 28. The van der Waals surface area contributed by atoms with Gasteiger partial charge in [0.2, 0.25) is 0 Å². The summed E-state index contributed by atoms with van der Waals surface area (Å²) in [5.74, 6) is -5.88. The summed E-state index contributed by atoms with van der Waals surface area (Å²) in [6.45, 7) is 4.51. The minimum atomic E-state index is -5.72. The molecule has 0 spiro atoms. The molecular formula is C31H54O35S6. The summed E-state index contributed by atoms with van der Waals surface area (Å²) < 4.78 is 263. The van der Waals surface area contributed by atoms with E-state index in [0.29, 0.717) is 0 Å². The van der Waals surface area contributed by atoms with Crippen molar-refractivity contribution in [2.24, 2.45) is 29.6 Å².